The molecule has 1 aromatic heterocycles. The van der Waals surface area contributed by atoms with Crippen LogP contribution in [-0.2, 0) is 13.1 Å². The van der Waals surface area contributed by atoms with Gasteiger partial charge < -0.3 is 15.5 Å². The highest BCUT2D eigenvalue weighted by Crippen LogP contribution is 2.34. The number of hydrogen-bond acceptors (Lipinski definition) is 5. The van der Waals surface area contributed by atoms with Crippen LogP contribution in [-0.4, -0.2) is 44.0 Å². The van der Waals surface area contributed by atoms with Crippen molar-refractivity contribution in [2.45, 2.75) is 37.9 Å². The van der Waals surface area contributed by atoms with Crippen molar-refractivity contribution in [3.05, 3.63) is 11.9 Å². The zero-order valence-corrected chi connectivity index (χ0v) is 9.26. The maximum atomic E-state index is 9.12. The van der Waals surface area contributed by atoms with Crippen LogP contribution in [0.1, 0.15) is 25.0 Å². The van der Waals surface area contributed by atoms with Gasteiger partial charge in [-0.1, -0.05) is 5.21 Å². The second-order valence-corrected chi connectivity index (χ2v) is 4.34. The van der Waals surface area contributed by atoms with Gasteiger partial charge in [0.25, 0.3) is 0 Å². The normalized spacial score (nSPS) is 17.6. The molecule has 1 heterocycles. The standard InChI is InChI=1S/C10H18N4O2/c15-5-1-4-14-7-9(12-13-14)6-11-10(8-16)2-3-10/h7,11,15-16H,1-6,8H2. The minimum Gasteiger partial charge on any atom is -0.396 e. The number of aliphatic hydroxyl groups is 2. The Morgan fingerprint density at radius 3 is 2.88 bits per heavy atom. The zero-order chi connectivity index (χ0) is 11.4. The molecule has 0 unspecified atom stereocenters. The number of aromatic nitrogens is 3. The van der Waals surface area contributed by atoms with Gasteiger partial charge in [0.05, 0.1) is 12.3 Å². The van der Waals surface area contributed by atoms with Gasteiger partial charge in [-0.15, -0.1) is 5.10 Å². The van der Waals surface area contributed by atoms with Crippen molar-refractivity contribution >= 4 is 0 Å². The fourth-order valence-corrected chi connectivity index (χ4v) is 1.58. The number of hydrogen-bond donors (Lipinski definition) is 3. The Labute approximate surface area is 94.3 Å². The number of aryl methyl sites for hydroxylation is 1. The van der Waals surface area contributed by atoms with Crippen LogP contribution >= 0.6 is 0 Å². The number of rotatable bonds is 7. The number of aliphatic hydroxyl groups excluding tert-OH is 2. The van der Waals surface area contributed by atoms with Crippen LogP contribution in [0, 0.1) is 0 Å². The highest BCUT2D eigenvalue weighted by molar-refractivity contribution is 5.04. The van der Waals surface area contributed by atoms with Crippen molar-refractivity contribution in [1.29, 1.82) is 0 Å². The molecule has 0 aliphatic heterocycles. The first-order chi connectivity index (χ1) is 7.78. The summed E-state index contributed by atoms with van der Waals surface area (Å²) < 4.78 is 1.73. The zero-order valence-electron chi connectivity index (χ0n) is 9.26. The van der Waals surface area contributed by atoms with E-state index in [4.69, 9.17) is 10.2 Å². The molecule has 6 heteroatoms. The molecule has 0 radical (unpaired) electrons. The molecule has 0 aromatic carbocycles. The molecule has 6 nitrogen and oxygen atoms in total. The summed E-state index contributed by atoms with van der Waals surface area (Å²) in [4.78, 5) is 0. The van der Waals surface area contributed by atoms with E-state index in [0.29, 0.717) is 19.5 Å². The van der Waals surface area contributed by atoms with E-state index in [1.165, 1.54) is 0 Å². The molecule has 3 N–H and O–H groups in total. The SMILES string of the molecule is OCCCn1cc(CNC2(CO)CC2)nn1. The fourth-order valence-electron chi connectivity index (χ4n) is 1.58. The van der Waals surface area contributed by atoms with Gasteiger partial charge in [-0.05, 0) is 19.3 Å². The van der Waals surface area contributed by atoms with E-state index >= 15 is 0 Å². The van der Waals surface area contributed by atoms with Crippen LogP contribution in [0.2, 0.25) is 0 Å². The van der Waals surface area contributed by atoms with Crippen molar-refractivity contribution in [1.82, 2.24) is 20.3 Å². The first kappa shape index (κ1) is 11.5. The highest BCUT2D eigenvalue weighted by atomic mass is 16.3. The van der Waals surface area contributed by atoms with Gasteiger partial charge in [-0.2, -0.15) is 0 Å². The predicted molar refractivity (Wildman–Crippen MR) is 57.6 cm³/mol. The van der Waals surface area contributed by atoms with E-state index in [2.05, 4.69) is 15.6 Å². The topological polar surface area (TPSA) is 83.2 Å². The first-order valence-corrected chi connectivity index (χ1v) is 5.64. The lowest BCUT2D eigenvalue weighted by Gasteiger charge is -2.11. The molecular formula is C10H18N4O2. The van der Waals surface area contributed by atoms with Gasteiger partial charge in [-0.3, -0.25) is 4.68 Å². The third kappa shape index (κ3) is 2.78. The Balaban J connectivity index is 1.79. The van der Waals surface area contributed by atoms with Crippen LogP contribution in [0.15, 0.2) is 6.20 Å². The maximum Gasteiger partial charge on any atom is 0.0965 e. The van der Waals surface area contributed by atoms with E-state index in [1.807, 2.05) is 6.20 Å². The van der Waals surface area contributed by atoms with E-state index < -0.39 is 0 Å². The van der Waals surface area contributed by atoms with Crippen LogP contribution < -0.4 is 5.32 Å². The summed E-state index contributed by atoms with van der Waals surface area (Å²) in [5, 5.41) is 29.1. The Kier molecular flexibility index (Phi) is 3.52. The van der Waals surface area contributed by atoms with Gasteiger partial charge >= 0.3 is 0 Å². The molecule has 0 bridgehead atoms. The molecule has 0 amide bonds. The van der Waals surface area contributed by atoms with E-state index in [0.717, 1.165) is 18.5 Å². The Bertz CT molecular complexity index is 335. The summed E-state index contributed by atoms with van der Waals surface area (Å²) in [6, 6.07) is 0. The Hall–Kier alpha value is -0.980. The summed E-state index contributed by atoms with van der Waals surface area (Å²) in [6.45, 7) is 1.68. The molecule has 1 saturated carbocycles. The summed E-state index contributed by atoms with van der Waals surface area (Å²) in [6.07, 6.45) is 4.62. The number of nitrogens with zero attached hydrogens (tertiary/aromatic N) is 3. The molecule has 2 rings (SSSR count). The average molecular weight is 226 g/mol. The van der Waals surface area contributed by atoms with Crippen LogP contribution in [0.3, 0.4) is 0 Å². The fraction of sp³-hybridized carbons (Fsp3) is 0.800. The van der Waals surface area contributed by atoms with Crippen molar-refractivity contribution in [2.75, 3.05) is 13.2 Å². The average Bonchev–Trinajstić information content (AvgIpc) is 2.96. The maximum absolute atomic E-state index is 9.12. The van der Waals surface area contributed by atoms with Gasteiger partial charge in [0.15, 0.2) is 0 Å². The third-order valence-corrected chi connectivity index (χ3v) is 2.93. The monoisotopic (exact) mass is 226 g/mol. The minimum absolute atomic E-state index is 0.0606. The van der Waals surface area contributed by atoms with E-state index in [-0.39, 0.29) is 18.8 Å². The second kappa shape index (κ2) is 4.90. The highest BCUT2D eigenvalue weighted by Gasteiger charge is 2.41. The van der Waals surface area contributed by atoms with Crippen LogP contribution in [0.25, 0.3) is 0 Å². The lowest BCUT2D eigenvalue weighted by Crippen LogP contribution is -2.34. The predicted octanol–water partition coefficient (Wildman–Crippen LogP) is -0.725. The van der Waals surface area contributed by atoms with Gasteiger partial charge in [0.2, 0.25) is 0 Å². The van der Waals surface area contributed by atoms with Crippen molar-refractivity contribution in [2.24, 2.45) is 0 Å². The van der Waals surface area contributed by atoms with E-state index in [9.17, 15) is 0 Å². The van der Waals surface area contributed by atoms with E-state index in [1.54, 1.807) is 4.68 Å². The molecule has 1 fully saturated rings. The van der Waals surface area contributed by atoms with Crippen molar-refractivity contribution < 1.29 is 10.2 Å². The van der Waals surface area contributed by atoms with Crippen LogP contribution in [0.4, 0.5) is 0 Å². The van der Waals surface area contributed by atoms with Gasteiger partial charge in [0.1, 0.15) is 0 Å². The summed E-state index contributed by atoms with van der Waals surface area (Å²) in [5.74, 6) is 0. The molecule has 1 aliphatic carbocycles. The molecule has 0 atom stereocenters. The lowest BCUT2D eigenvalue weighted by atomic mass is 10.3. The van der Waals surface area contributed by atoms with Crippen molar-refractivity contribution in [3.63, 3.8) is 0 Å². The second-order valence-electron chi connectivity index (χ2n) is 4.34. The Morgan fingerprint density at radius 1 is 1.44 bits per heavy atom. The molecule has 0 spiro atoms. The van der Waals surface area contributed by atoms with Gasteiger partial charge in [0, 0.05) is 31.4 Å². The summed E-state index contributed by atoms with van der Waals surface area (Å²) >= 11 is 0. The largest absolute Gasteiger partial charge is 0.396 e. The van der Waals surface area contributed by atoms with Gasteiger partial charge in [-0.25, -0.2) is 0 Å². The molecule has 16 heavy (non-hydrogen) atoms. The summed E-state index contributed by atoms with van der Waals surface area (Å²) in [5.41, 5.74) is 0.812. The molecule has 0 saturated heterocycles. The quantitative estimate of drug-likeness (QED) is 0.571. The minimum atomic E-state index is -0.0606. The van der Waals surface area contributed by atoms with Crippen LogP contribution in [0.5, 0.6) is 0 Å². The molecule has 1 aliphatic rings. The number of nitrogens with one attached hydrogen (secondary N) is 1. The molecular weight excluding hydrogens is 208 g/mol. The molecule has 1 aromatic rings. The smallest absolute Gasteiger partial charge is 0.0965 e. The lowest BCUT2D eigenvalue weighted by molar-refractivity contribution is 0.229. The van der Waals surface area contributed by atoms with Crippen molar-refractivity contribution in [3.8, 4) is 0 Å². The third-order valence-electron chi connectivity index (χ3n) is 2.93. The summed E-state index contributed by atoms with van der Waals surface area (Å²) in [7, 11) is 0. The Morgan fingerprint density at radius 2 is 2.25 bits per heavy atom. The first-order valence-electron chi connectivity index (χ1n) is 5.64. The molecule has 90 valence electrons.